The molecule has 0 atom stereocenters. The number of thioether (sulfide) groups is 1. The second-order valence-electron chi connectivity index (χ2n) is 7.96. The molecule has 2 heterocycles. The van der Waals surface area contributed by atoms with Gasteiger partial charge in [-0.25, -0.2) is 0 Å². The molecule has 4 rings (SSSR count). The lowest BCUT2D eigenvalue weighted by atomic mass is 10.00. The number of hydrogen-bond acceptors (Lipinski definition) is 6. The van der Waals surface area contributed by atoms with E-state index >= 15 is 0 Å². The maximum Gasteiger partial charge on any atom is 0.573 e. The van der Waals surface area contributed by atoms with Crippen molar-refractivity contribution in [2.75, 3.05) is 29.1 Å². The number of hydrogen-bond donors (Lipinski definition) is 1. The molecule has 1 saturated heterocycles. The second kappa shape index (κ2) is 8.97. The number of nitrogens with zero attached hydrogens (tertiary/aromatic N) is 4. The third-order valence-electron chi connectivity index (χ3n) is 5.33. The summed E-state index contributed by atoms with van der Waals surface area (Å²) in [6.45, 7) is 4.19. The first kappa shape index (κ1) is 21.8. The Hall–Kier alpha value is -2.43. The van der Waals surface area contributed by atoms with E-state index in [0.29, 0.717) is 11.7 Å². The summed E-state index contributed by atoms with van der Waals surface area (Å²) in [7, 11) is 0. The molecule has 1 N–H and O–H groups in total. The van der Waals surface area contributed by atoms with Crippen LogP contribution in [0.4, 0.5) is 24.8 Å². The van der Waals surface area contributed by atoms with Gasteiger partial charge in [0.05, 0.1) is 5.75 Å². The number of nitrogens with one attached hydrogen (secondary N) is 1. The molecule has 0 spiro atoms. The molecule has 1 aromatic carbocycles. The standard InChI is InChI=1S/C20H24F3N5O2S/c1-13-8-10-27(11-9-13)18-25-26-19(28(18)15-4-5-15)31-12-17(29)24-14-2-6-16(7-3-14)30-20(21,22)23/h2-3,6-7,13,15H,4-5,8-12H2,1H3,(H,24,29). The van der Waals surface area contributed by atoms with Crippen molar-refractivity contribution in [2.24, 2.45) is 5.92 Å². The monoisotopic (exact) mass is 455 g/mol. The lowest BCUT2D eigenvalue weighted by Gasteiger charge is -2.31. The minimum absolute atomic E-state index is 0.128. The van der Waals surface area contributed by atoms with Gasteiger partial charge in [0, 0.05) is 24.8 Å². The Labute approximate surface area is 182 Å². The fourth-order valence-corrected chi connectivity index (χ4v) is 4.31. The van der Waals surface area contributed by atoms with Crippen molar-refractivity contribution < 1.29 is 22.7 Å². The molecule has 0 radical (unpaired) electrons. The van der Waals surface area contributed by atoms with E-state index in [4.69, 9.17) is 0 Å². The van der Waals surface area contributed by atoms with Crippen molar-refractivity contribution >= 4 is 29.3 Å². The maximum atomic E-state index is 12.3. The van der Waals surface area contributed by atoms with Crippen LogP contribution in [0.25, 0.3) is 0 Å². The van der Waals surface area contributed by atoms with E-state index < -0.39 is 6.36 Å². The summed E-state index contributed by atoms with van der Waals surface area (Å²) in [6.07, 6.45) is -0.308. The SMILES string of the molecule is CC1CCN(c2nnc(SCC(=O)Nc3ccc(OC(F)(F)F)cc3)n2C2CC2)CC1. The molecule has 7 nitrogen and oxygen atoms in total. The zero-order valence-electron chi connectivity index (χ0n) is 17.1. The molecule has 0 bridgehead atoms. The summed E-state index contributed by atoms with van der Waals surface area (Å²) in [4.78, 5) is 14.6. The van der Waals surface area contributed by atoms with E-state index in [2.05, 4.69) is 36.6 Å². The number of rotatable bonds is 7. The Morgan fingerprint density at radius 1 is 1.16 bits per heavy atom. The summed E-state index contributed by atoms with van der Waals surface area (Å²) in [6, 6.07) is 5.44. The minimum atomic E-state index is -4.75. The Kier molecular flexibility index (Phi) is 6.31. The number of piperidine rings is 1. The van der Waals surface area contributed by atoms with Gasteiger partial charge in [0.2, 0.25) is 11.9 Å². The van der Waals surface area contributed by atoms with Crippen molar-refractivity contribution in [3.05, 3.63) is 24.3 Å². The quantitative estimate of drug-likeness (QED) is 0.621. The van der Waals surface area contributed by atoms with Crippen LogP contribution in [0, 0.1) is 5.92 Å². The van der Waals surface area contributed by atoms with Gasteiger partial charge in [0.25, 0.3) is 0 Å². The van der Waals surface area contributed by atoms with Crippen LogP contribution in [0.15, 0.2) is 29.4 Å². The summed E-state index contributed by atoms with van der Waals surface area (Å²) in [5.74, 6) is 1.13. The van der Waals surface area contributed by atoms with Crippen LogP contribution in [0.1, 0.15) is 38.6 Å². The van der Waals surface area contributed by atoms with Gasteiger partial charge in [-0.3, -0.25) is 9.36 Å². The molecule has 11 heteroatoms. The summed E-state index contributed by atoms with van der Waals surface area (Å²) >= 11 is 1.32. The van der Waals surface area contributed by atoms with Gasteiger partial charge in [-0.15, -0.1) is 23.4 Å². The molecular weight excluding hydrogens is 431 g/mol. The van der Waals surface area contributed by atoms with Crippen molar-refractivity contribution in [3.8, 4) is 5.75 Å². The molecule has 31 heavy (non-hydrogen) atoms. The lowest BCUT2D eigenvalue weighted by Crippen LogP contribution is -2.34. The zero-order valence-corrected chi connectivity index (χ0v) is 17.9. The Bertz CT molecular complexity index is 907. The van der Waals surface area contributed by atoms with Crippen LogP contribution in [0.3, 0.4) is 0 Å². The lowest BCUT2D eigenvalue weighted by molar-refractivity contribution is -0.274. The zero-order chi connectivity index (χ0) is 22.0. The van der Waals surface area contributed by atoms with E-state index in [-0.39, 0.29) is 17.4 Å². The highest BCUT2D eigenvalue weighted by Crippen LogP contribution is 2.41. The highest BCUT2D eigenvalue weighted by atomic mass is 32.2. The molecule has 0 unspecified atom stereocenters. The van der Waals surface area contributed by atoms with Crippen LogP contribution in [-0.4, -0.2) is 45.9 Å². The highest BCUT2D eigenvalue weighted by Gasteiger charge is 2.33. The molecule has 2 aromatic rings. The van der Waals surface area contributed by atoms with Crippen LogP contribution in [0.2, 0.25) is 0 Å². The number of amides is 1. The summed E-state index contributed by atoms with van der Waals surface area (Å²) < 4.78 is 42.7. The molecule has 2 aliphatic rings. The Morgan fingerprint density at radius 3 is 2.45 bits per heavy atom. The fourth-order valence-electron chi connectivity index (χ4n) is 3.51. The number of benzene rings is 1. The number of anilines is 2. The number of ether oxygens (including phenoxy) is 1. The van der Waals surface area contributed by atoms with Gasteiger partial charge in [0.15, 0.2) is 5.16 Å². The van der Waals surface area contributed by atoms with Crippen LogP contribution in [-0.2, 0) is 4.79 Å². The number of carbonyl (C=O) groups excluding carboxylic acids is 1. The summed E-state index contributed by atoms with van der Waals surface area (Å²) in [5.41, 5.74) is 0.395. The second-order valence-corrected chi connectivity index (χ2v) is 8.90. The predicted octanol–water partition coefficient (Wildman–Crippen LogP) is 4.48. The normalized spacial score (nSPS) is 17.6. The van der Waals surface area contributed by atoms with E-state index in [1.54, 1.807) is 0 Å². The molecule has 1 aromatic heterocycles. The highest BCUT2D eigenvalue weighted by molar-refractivity contribution is 7.99. The average Bonchev–Trinajstić information content (AvgIpc) is 3.46. The summed E-state index contributed by atoms with van der Waals surface area (Å²) in [5, 5.41) is 12.1. The predicted molar refractivity (Wildman–Crippen MR) is 111 cm³/mol. The van der Waals surface area contributed by atoms with Crippen LogP contribution >= 0.6 is 11.8 Å². The Balaban J connectivity index is 1.34. The smallest absolute Gasteiger partial charge is 0.406 e. The van der Waals surface area contributed by atoms with E-state index in [1.165, 1.54) is 23.9 Å². The fraction of sp³-hybridized carbons (Fsp3) is 0.550. The van der Waals surface area contributed by atoms with Gasteiger partial charge in [-0.1, -0.05) is 18.7 Å². The van der Waals surface area contributed by atoms with Gasteiger partial charge in [-0.2, -0.15) is 0 Å². The van der Waals surface area contributed by atoms with E-state index in [9.17, 15) is 18.0 Å². The largest absolute Gasteiger partial charge is 0.573 e. The van der Waals surface area contributed by atoms with Gasteiger partial charge in [0.1, 0.15) is 5.75 Å². The molecule has 1 amide bonds. The molecule has 2 fully saturated rings. The van der Waals surface area contributed by atoms with Gasteiger partial charge >= 0.3 is 6.36 Å². The first-order valence-corrected chi connectivity index (χ1v) is 11.3. The Morgan fingerprint density at radius 2 is 1.84 bits per heavy atom. The molecule has 1 saturated carbocycles. The van der Waals surface area contributed by atoms with Crippen molar-refractivity contribution in [2.45, 2.75) is 50.2 Å². The van der Waals surface area contributed by atoms with Gasteiger partial charge < -0.3 is 15.0 Å². The molecule has 1 aliphatic heterocycles. The van der Waals surface area contributed by atoms with Crippen molar-refractivity contribution in [1.29, 1.82) is 0 Å². The average molecular weight is 456 g/mol. The van der Waals surface area contributed by atoms with E-state index in [0.717, 1.165) is 67.9 Å². The molecular formula is C20H24F3N5O2S. The number of alkyl halides is 3. The van der Waals surface area contributed by atoms with E-state index in [1.807, 2.05) is 0 Å². The maximum absolute atomic E-state index is 12.3. The van der Waals surface area contributed by atoms with Crippen LogP contribution < -0.4 is 15.0 Å². The minimum Gasteiger partial charge on any atom is -0.406 e. The first-order valence-electron chi connectivity index (χ1n) is 10.3. The molecule has 1 aliphatic carbocycles. The van der Waals surface area contributed by atoms with Crippen molar-refractivity contribution in [3.63, 3.8) is 0 Å². The topological polar surface area (TPSA) is 72.3 Å². The first-order chi connectivity index (χ1) is 14.8. The third kappa shape index (κ3) is 5.84. The number of aromatic nitrogens is 3. The third-order valence-corrected chi connectivity index (χ3v) is 6.27. The van der Waals surface area contributed by atoms with Crippen molar-refractivity contribution in [1.82, 2.24) is 14.8 Å². The van der Waals surface area contributed by atoms with Crippen LogP contribution in [0.5, 0.6) is 5.75 Å². The molecule has 168 valence electrons. The van der Waals surface area contributed by atoms with Gasteiger partial charge in [-0.05, 0) is 55.9 Å². The number of halogens is 3. The number of carbonyl (C=O) groups is 1.